The van der Waals surface area contributed by atoms with Crippen molar-refractivity contribution in [3.63, 3.8) is 0 Å². The zero-order valence-electron chi connectivity index (χ0n) is 12.7. The molecular formula is C17H22N2O2. The number of carbonyl (C=O) groups excluding carboxylic acids is 2. The molecule has 0 heterocycles. The van der Waals surface area contributed by atoms with E-state index in [-0.39, 0.29) is 11.6 Å². The number of benzene rings is 1. The predicted octanol–water partition coefficient (Wildman–Crippen LogP) is 4.36. The highest BCUT2D eigenvalue weighted by Crippen LogP contribution is 2.33. The number of nitrogens with zero attached hydrogens (tertiary/aromatic N) is 2. The van der Waals surface area contributed by atoms with Crippen molar-refractivity contribution in [3.05, 3.63) is 29.8 Å². The van der Waals surface area contributed by atoms with E-state index >= 15 is 0 Å². The highest BCUT2D eigenvalue weighted by Gasteiger charge is 2.18. The maximum Gasteiger partial charge on any atom is 0.187 e. The Labute approximate surface area is 125 Å². The summed E-state index contributed by atoms with van der Waals surface area (Å²) in [6, 6.07) is 7.01. The predicted molar refractivity (Wildman–Crippen MR) is 81.9 cm³/mol. The number of hydrogen-bond acceptors (Lipinski definition) is 4. The van der Waals surface area contributed by atoms with Gasteiger partial charge in [-0.3, -0.25) is 9.59 Å². The summed E-state index contributed by atoms with van der Waals surface area (Å²) in [5, 5.41) is 7.88. The van der Waals surface area contributed by atoms with E-state index in [1.54, 1.807) is 0 Å². The quantitative estimate of drug-likeness (QED) is 0.596. The molecule has 1 aliphatic carbocycles. The van der Waals surface area contributed by atoms with E-state index in [1.165, 1.54) is 51.5 Å². The second-order valence-electron chi connectivity index (χ2n) is 5.77. The molecule has 0 aliphatic heterocycles. The standard InChI is InChI=1S/C17H22N2O2/c1-12(20)17(13(2)21)19-18-16-10-8-15(9-11-16)14-6-4-3-5-7-14/h8-11,14,17H,3-7H2,1-2H3. The molecule has 0 atom stereocenters. The van der Waals surface area contributed by atoms with Crippen molar-refractivity contribution >= 4 is 17.3 Å². The van der Waals surface area contributed by atoms with Crippen LogP contribution in [0.25, 0.3) is 0 Å². The van der Waals surface area contributed by atoms with Crippen molar-refractivity contribution in [2.75, 3.05) is 0 Å². The van der Waals surface area contributed by atoms with Gasteiger partial charge in [-0.2, -0.15) is 10.2 Å². The average molecular weight is 286 g/mol. The number of Topliss-reactive ketones (excluding diaryl/α,β-unsaturated/α-hetero) is 2. The van der Waals surface area contributed by atoms with Crippen LogP contribution in [0.1, 0.15) is 57.4 Å². The van der Waals surface area contributed by atoms with Gasteiger partial charge in [-0.15, -0.1) is 0 Å². The van der Waals surface area contributed by atoms with Crippen molar-refractivity contribution in [2.24, 2.45) is 10.2 Å². The van der Waals surface area contributed by atoms with Crippen molar-refractivity contribution in [1.82, 2.24) is 0 Å². The second-order valence-corrected chi connectivity index (χ2v) is 5.77. The zero-order valence-corrected chi connectivity index (χ0v) is 12.7. The van der Waals surface area contributed by atoms with Gasteiger partial charge in [-0.25, -0.2) is 0 Å². The fourth-order valence-electron chi connectivity index (χ4n) is 2.82. The van der Waals surface area contributed by atoms with Gasteiger partial charge < -0.3 is 0 Å². The lowest BCUT2D eigenvalue weighted by Crippen LogP contribution is -2.23. The maximum atomic E-state index is 11.3. The summed E-state index contributed by atoms with van der Waals surface area (Å²) in [6.07, 6.45) is 6.49. The zero-order chi connectivity index (χ0) is 15.2. The molecule has 1 fully saturated rings. The molecule has 0 amide bonds. The van der Waals surface area contributed by atoms with Crippen molar-refractivity contribution in [3.8, 4) is 0 Å². The lowest BCUT2D eigenvalue weighted by atomic mass is 9.84. The normalized spacial score (nSPS) is 16.5. The molecule has 2 rings (SSSR count). The van der Waals surface area contributed by atoms with E-state index in [9.17, 15) is 9.59 Å². The van der Waals surface area contributed by atoms with E-state index in [0.29, 0.717) is 11.6 Å². The van der Waals surface area contributed by atoms with Crippen LogP contribution in [0.3, 0.4) is 0 Å². The van der Waals surface area contributed by atoms with E-state index in [4.69, 9.17) is 0 Å². The van der Waals surface area contributed by atoms with Gasteiger partial charge >= 0.3 is 0 Å². The lowest BCUT2D eigenvalue weighted by molar-refractivity contribution is -0.126. The number of carbonyl (C=O) groups is 2. The van der Waals surface area contributed by atoms with Gasteiger partial charge in [0.25, 0.3) is 0 Å². The van der Waals surface area contributed by atoms with Crippen LogP contribution in [0.4, 0.5) is 5.69 Å². The van der Waals surface area contributed by atoms with E-state index in [2.05, 4.69) is 22.4 Å². The summed E-state index contributed by atoms with van der Waals surface area (Å²) < 4.78 is 0. The van der Waals surface area contributed by atoms with Crippen LogP contribution in [0.5, 0.6) is 0 Å². The van der Waals surface area contributed by atoms with E-state index in [1.807, 2.05) is 12.1 Å². The molecule has 0 aromatic heterocycles. The molecular weight excluding hydrogens is 264 g/mol. The molecule has 1 saturated carbocycles. The Morgan fingerprint density at radius 3 is 2.10 bits per heavy atom. The lowest BCUT2D eigenvalue weighted by Gasteiger charge is -2.21. The molecule has 0 bridgehead atoms. The third-order valence-electron chi connectivity index (χ3n) is 4.03. The Balaban J connectivity index is 2.04. The summed E-state index contributed by atoms with van der Waals surface area (Å²) in [5.41, 5.74) is 2.03. The van der Waals surface area contributed by atoms with Crippen LogP contribution in [-0.2, 0) is 9.59 Å². The Bertz CT molecular complexity index is 514. The fourth-order valence-corrected chi connectivity index (χ4v) is 2.82. The second kappa shape index (κ2) is 7.25. The number of ketones is 2. The number of azo groups is 1. The molecule has 4 nitrogen and oxygen atoms in total. The summed E-state index contributed by atoms with van der Waals surface area (Å²) in [7, 11) is 0. The third kappa shape index (κ3) is 4.31. The first-order valence-electron chi connectivity index (χ1n) is 7.59. The summed E-state index contributed by atoms with van der Waals surface area (Å²) in [5.74, 6) is 0.113. The van der Waals surface area contributed by atoms with Crippen molar-refractivity contribution in [2.45, 2.75) is 57.9 Å². The van der Waals surface area contributed by atoms with Gasteiger partial charge in [0.1, 0.15) is 0 Å². The third-order valence-corrected chi connectivity index (χ3v) is 4.03. The first kappa shape index (κ1) is 15.5. The van der Waals surface area contributed by atoms with Gasteiger partial charge in [0, 0.05) is 0 Å². The van der Waals surface area contributed by atoms with Crippen LogP contribution < -0.4 is 0 Å². The van der Waals surface area contributed by atoms with Crippen molar-refractivity contribution in [1.29, 1.82) is 0 Å². The summed E-state index contributed by atoms with van der Waals surface area (Å²) in [6.45, 7) is 2.72. The van der Waals surface area contributed by atoms with Crippen LogP contribution in [0.2, 0.25) is 0 Å². The maximum absolute atomic E-state index is 11.3. The largest absolute Gasteiger partial charge is 0.297 e. The molecule has 0 N–H and O–H groups in total. The Hall–Kier alpha value is -1.84. The van der Waals surface area contributed by atoms with Crippen LogP contribution in [-0.4, -0.2) is 17.6 Å². The Kier molecular flexibility index (Phi) is 5.37. The molecule has 1 aliphatic rings. The highest BCUT2D eigenvalue weighted by molar-refractivity contribution is 6.04. The van der Waals surface area contributed by atoms with E-state index in [0.717, 1.165) is 0 Å². The molecule has 1 aromatic rings. The Morgan fingerprint density at radius 2 is 1.57 bits per heavy atom. The van der Waals surface area contributed by atoms with Gasteiger partial charge in [0.05, 0.1) is 5.69 Å². The number of hydrogen-bond donors (Lipinski definition) is 0. The molecule has 4 heteroatoms. The minimum Gasteiger partial charge on any atom is -0.297 e. The minimum atomic E-state index is -0.969. The fraction of sp³-hybridized carbons (Fsp3) is 0.529. The molecule has 0 radical (unpaired) electrons. The van der Waals surface area contributed by atoms with Gasteiger partial charge in [-0.05, 0) is 50.3 Å². The SMILES string of the molecule is CC(=O)C(N=Nc1ccc(C2CCCCC2)cc1)C(C)=O. The first-order chi connectivity index (χ1) is 10.1. The first-order valence-corrected chi connectivity index (χ1v) is 7.59. The number of rotatable bonds is 5. The molecule has 1 aromatic carbocycles. The summed E-state index contributed by atoms with van der Waals surface area (Å²) in [4.78, 5) is 22.6. The average Bonchev–Trinajstić information content (AvgIpc) is 2.48. The molecule has 0 saturated heterocycles. The van der Waals surface area contributed by atoms with E-state index < -0.39 is 6.04 Å². The molecule has 112 valence electrons. The monoisotopic (exact) mass is 286 g/mol. The molecule has 21 heavy (non-hydrogen) atoms. The Morgan fingerprint density at radius 1 is 1.00 bits per heavy atom. The van der Waals surface area contributed by atoms with Gasteiger partial charge in [-0.1, -0.05) is 31.4 Å². The van der Waals surface area contributed by atoms with Gasteiger partial charge in [0.2, 0.25) is 0 Å². The smallest absolute Gasteiger partial charge is 0.187 e. The minimum absolute atomic E-state index is 0.273. The van der Waals surface area contributed by atoms with Crippen molar-refractivity contribution < 1.29 is 9.59 Å². The summed E-state index contributed by atoms with van der Waals surface area (Å²) >= 11 is 0. The van der Waals surface area contributed by atoms with Crippen LogP contribution >= 0.6 is 0 Å². The molecule has 0 spiro atoms. The van der Waals surface area contributed by atoms with Crippen LogP contribution in [0.15, 0.2) is 34.5 Å². The topological polar surface area (TPSA) is 58.9 Å². The van der Waals surface area contributed by atoms with Gasteiger partial charge in [0.15, 0.2) is 17.6 Å². The van der Waals surface area contributed by atoms with Crippen LogP contribution in [0, 0.1) is 0 Å². The molecule has 0 unspecified atom stereocenters. The highest BCUT2D eigenvalue weighted by atomic mass is 16.2.